The highest BCUT2D eigenvalue weighted by Gasteiger charge is 2.30. The highest BCUT2D eigenvalue weighted by atomic mass is 31.2. The topological polar surface area (TPSA) is 237 Å². The molecule has 17 nitrogen and oxygen atoms in total. The van der Waals surface area contributed by atoms with Gasteiger partial charge in [0.15, 0.2) is 12.2 Å². The summed E-state index contributed by atoms with van der Waals surface area (Å²) >= 11 is 0. The molecule has 3 N–H and O–H groups in total. The van der Waals surface area contributed by atoms with E-state index in [9.17, 15) is 43.2 Å². The number of unbranched alkanes of at least 4 members (excludes halogenated alkanes) is 45. The second-order valence-electron chi connectivity index (χ2n) is 26.8. The third-order valence-corrected chi connectivity index (χ3v) is 18.9. The Labute approximate surface area is 562 Å². The summed E-state index contributed by atoms with van der Waals surface area (Å²) in [5.74, 6) is -1.43. The first-order valence-corrected chi connectivity index (χ1v) is 41.1. The van der Waals surface area contributed by atoms with Crippen LogP contribution in [0.2, 0.25) is 0 Å². The molecule has 0 fully saturated rings. The summed E-state index contributed by atoms with van der Waals surface area (Å²) in [4.78, 5) is 72.4. The number of aliphatic hydroxyl groups excluding tert-OH is 1. The summed E-state index contributed by atoms with van der Waals surface area (Å²) in [6.45, 7) is 7.15. The van der Waals surface area contributed by atoms with Gasteiger partial charge in [-0.1, -0.05) is 330 Å². The van der Waals surface area contributed by atoms with Gasteiger partial charge in [0.1, 0.15) is 19.3 Å². The first-order chi connectivity index (χ1) is 44.5. The molecular formula is C73H142O17P2. The van der Waals surface area contributed by atoms with Gasteiger partial charge in [-0.15, -0.1) is 0 Å². The Hall–Kier alpha value is -1.94. The normalized spacial score (nSPS) is 14.0. The lowest BCUT2D eigenvalue weighted by Crippen LogP contribution is -2.30. The van der Waals surface area contributed by atoms with Crippen LogP contribution in [0.5, 0.6) is 0 Å². The Morgan fingerprint density at radius 1 is 0.293 bits per heavy atom. The molecule has 0 rings (SSSR count). The average molecular weight is 1350 g/mol. The van der Waals surface area contributed by atoms with Crippen LogP contribution in [0, 0.1) is 5.92 Å². The number of carbonyl (C=O) groups excluding carboxylic acids is 4. The molecule has 0 aromatic rings. The van der Waals surface area contributed by atoms with Gasteiger partial charge < -0.3 is 33.8 Å². The predicted molar refractivity (Wildman–Crippen MR) is 372 cm³/mol. The molecule has 0 aliphatic rings. The summed E-state index contributed by atoms with van der Waals surface area (Å²) in [5, 5.41) is 10.6. The van der Waals surface area contributed by atoms with E-state index in [1.165, 1.54) is 193 Å². The van der Waals surface area contributed by atoms with Gasteiger partial charge in [0.25, 0.3) is 0 Å². The average Bonchev–Trinajstić information content (AvgIpc) is 2.05. The monoisotopic (exact) mass is 1350 g/mol. The van der Waals surface area contributed by atoms with Gasteiger partial charge in [-0.05, 0) is 31.6 Å². The van der Waals surface area contributed by atoms with Crippen molar-refractivity contribution >= 4 is 39.5 Å². The largest absolute Gasteiger partial charge is 0.472 e. The second-order valence-corrected chi connectivity index (χ2v) is 29.7. The Balaban J connectivity index is 5.12. The molecule has 0 bridgehead atoms. The predicted octanol–water partition coefficient (Wildman–Crippen LogP) is 21.3. The van der Waals surface area contributed by atoms with Gasteiger partial charge in [-0.25, -0.2) is 9.13 Å². The van der Waals surface area contributed by atoms with Crippen LogP contribution in [0.25, 0.3) is 0 Å². The number of phosphoric ester groups is 2. The number of hydrogen-bond acceptors (Lipinski definition) is 15. The third kappa shape index (κ3) is 66.7. The molecule has 0 heterocycles. The maximum absolute atomic E-state index is 13.1. The van der Waals surface area contributed by atoms with E-state index in [0.717, 1.165) is 103 Å². The molecule has 0 aliphatic heterocycles. The summed E-state index contributed by atoms with van der Waals surface area (Å²) in [6, 6.07) is 0. The van der Waals surface area contributed by atoms with Gasteiger partial charge >= 0.3 is 39.5 Å². The fourth-order valence-corrected chi connectivity index (χ4v) is 12.8. The van der Waals surface area contributed by atoms with Crippen LogP contribution < -0.4 is 0 Å². The number of carbonyl (C=O) groups is 4. The van der Waals surface area contributed by atoms with E-state index >= 15 is 0 Å². The zero-order valence-corrected chi connectivity index (χ0v) is 61.5. The fraction of sp³-hybridized carbons (Fsp3) is 0.945. The molecule has 0 saturated heterocycles. The summed E-state index contributed by atoms with van der Waals surface area (Å²) < 4.78 is 68.2. The molecular weight excluding hydrogens is 1210 g/mol. The zero-order valence-electron chi connectivity index (χ0n) is 59.7. The molecule has 2 unspecified atom stereocenters. The van der Waals surface area contributed by atoms with E-state index in [2.05, 4.69) is 34.6 Å². The van der Waals surface area contributed by atoms with Crippen molar-refractivity contribution in [1.29, 1.82) is 0 Å². The minimum absolute atomic E-state index is 0.103. The smallest absolute Gasteiger partial charge is 0.462 e. The van der Waals surface area contributed by atoms with Crippen molar-refractivity contribution in [1.82, 2.24) is 0 Å². The molecule has 92 heavy (non-hydrogen) atoms. The van der Waals surface area contributed by atoms with Crippen molar-refractivity contribution in [3.05, 3.63) is 0 Å². The first-order valence-electron chi connectivity index (χ1n) is 38.1. The first kappa shape index (κ1) is 90.1. The molecule has 546 valence electrons. The maximum Gasteiger partial charge on any atom is 0.472 e. The van der Waals surface area contributed by atoms with E-state index in [1.807, 2.05) is 0 Å². The lowest BCUT2D eigenvalue weighted by molar-refractivity contribution is -0.161. The summed E-state index contributed by atoms with van der Waals surface area (Å²) in [5.41, 5.74) is 0. The van der Waals surface area contributed by atoms with E-state index in [1.54, 1.807) is 0 Å². The Kier molecular flexibility index (Phi) is 64.9. The van der Waals surface area contributed by atoms with Crippen LogP contribution in [-0.4, -0.2) is 96.7 Å². The van der Waals surface area contributed by atoms with Crippen LogP contribution in [0.4, 0.5) is 0 Å². The van der Waals surface area contributed by atoms with Crippen molar-refractivity contribution in [2.24, 2.45) is 5.92 Å². The molecule has 0 aromatic carbocycles. The minimum atomic E-state index is -4.95. The molecule has 0 amide bonds. The summed E-state index contributed by atoms with van der Waals surface area (Å²) in [7, 11) is -9.90. The number of aliphatic hydroxyl groups is 1. The minimum Gasteiger partial charge on any atom is -0.462 e. The van der Waals surface area contributed by atoms with E-state index < -0.39 is 97.5 Å². The number of rotatable bonds is 73. The standard InChI is InChI=1S/C73H142O17P2/c1-6-9-12-15-18-20-22-24-25-26-27-28-29-30-31-32-34-36-38-43-48-53-58-72(77)89-69(63-84-71(76)57-52-47-42-37-35-33-23-21-19-16-13-10-7-2)65-88-92(81,82)86-61-67(74)60-85-91(79,80)87-64-68(62-83-70(75)56-51-46-40-17-14-11-8-3)90-73(78)59-54-49-44-39-41-45-50-55-66(4)5/h66-69,74H,6-65H2,1-5H3,(H,79,80)(H,81,82)/t67-,68+,69+/m0/s1. The quantitative estimate of drug-likeness (QED) is 0.0222. The molecule has 5 atom stereocenters. The van der Waals surface area contributed by atoms with Crippen LogP contribution >= 0.6 is 15.6 Å². The van der Waals surface area contributed by atoms with Crippen molar-refractivity contribution in [3.63, 3.8) is 0 Å². The van der Waals surface area contributed by atoms with Crippen molar-refractivity contribution in [2.45, 2.75) is 400 Å². The van der Waals surface area contributed by atoms with Gasteiger partial charge in [0.05, 0.1) is 26.4 Å². The van der Waals surface area contributed by atoms with Crippen LogP contribution in [0.3, 0.4) is 0 Å². The third-order valence-electron chi connectivity index (χ3n) is 17.0. The van der Waals surface area contributed by atoms with Gasteiger partial charge in [0, 0.05) is 25.7 Å². The van der Waals surface area contributed by atoms with Crippen molar-refractivity contribution in [2.75, 3.05) is 39.6 Å². The summed E-state index contributed by atoms with van der Waals surface area (Å²) in [6.07, 6.45) is 54.5. The Morgan fingerprint density at radius 2 is 0.500 bits per heavy atom. The molecule has 19 heteroatoms. The number of hydrogen-bond donors (Lipinski definition) is 3. The lowest BCUT2D eigenvalue weighted by atomic mass is 10.0. The maximum atomic E-state index is 13.1. The molecule has 0 aromatic heterocycles. The number of phosphoric acid groups is 2. The van der Waals surface area contributed by atoms with Crippen molar-refractivity contribution in [3.8, 4) is 0 Å². The van der Waals surface area contributed by atoms with Gasteiger partial charge in [-0.2, -0.15) is 0 Å². The fourth-order valence-electron chi connectivity index (χ4n) is 11.2. The molecule has 0 spiro atoms. The van der Waals surface area contributed by atoms with E-state index in [0.29, 0.717) is 31.6 Å². The lowest BCUT2D eigenvalue weighted by Gasteiger charge is -2.21. The number of ether oxygens (including phenoxy) is 4. The molecule has 0 aliphatic carbocycles. The van der Waals surface area contributed by atoms with Gasteiger partial charge in [-0.3, -0.25) is 37.3 Å². The van der Waals surface area contributed by atoms with E-state index in [4.69, 9.17) is 37.0 Å². The second kappa shape index (κ2) is 66.3. The number of esters is 4. The van der Waals surface area contributed by atoms with Crippen molar-refractivity contribution < 1.29 is 80.2 Å². The molecule has 0 saturated carbocycles. The SMILES string of the molecule is CCCCCCCCCCCCCCCCCCCCCCCCC(=O)O[C@H](COC(=O)CCCCCCCCCCCCCCC)COP(=O)(O)OC[C@@H](O)COP(=O)(O)OC[C@@H](COC(=O)CCCCCCCCC)OC(=O)CCCCCCCCCC(C)C. The Bertz CT molecular complexity index is 1770. The Morgan fingerprint density at radius 3 is 0.739 bits per heavy atom. The van der Waals surface area contributed by atoms with Crippen LogP contribution in [0.15, 0.2) is 0 Å². The highest BCUT2D eigenvalue weighted by molar-refractivity contribution is 7.47. The zero-order chi connectivity index (χ0) is 67.7. The molecule has 0 radical (unpaired) electrons. The van der Waals surface area contributed by atoms with E-state index in [-0.39, 0.29) is 25.7 Å². The van der Waals surface area contributed by atoms with Gasteiger partial charge in [0.2, 0.25) is 0 Å². The van der Waals surface area contributed by atoms with Crippen LogP contribution in [0.1, 0.15) is 381 Å². The highest BCUT2D eigenvalue weighted by Crippen LogP contribution is 2.45. The van der Waals surface area contributed by atoms with Crippen LogP contribution in [-0.2, 0) is 65.4 Å².